The van der Waals surface area contributed by atoms with Crippen LogP contribution in [-0.4, -0.2) is 19.3 Å². The summed E-state index contributed by atoms with van der Waals surface area (Å²) in [5, 5.41) is 0.730. The van der Waals surface area contributed by atoms with Crippen molar-refractivity contribution in [3.63, 3.8) is 0 Å². The van der Waals surface area contributed by atoms with E-state index in [-0.39, 0.29) is 6.10 Å². The van der Waals surface area contributed by atoms with Crippen molar-refractivity contribution in [1.82, 2.24) is 0 Å². The molecule has 2 aliphatic rings. The maximum atomic E-state index is 6.06. The van der Waals surface area contributed by atoms with Gasteiger partial charge in [0.2, 0.25) is 0 Å². The molecule has 0 bridgehead atoms. The molecule has 4 heteroatoms. The number of rotatable bonds is 3. The van der Waals surface area contributed by atoms with Gasteiger partial charge < -0.3 is 15.2 Å². The molecule has 2 N–H and O–H groups in total. The van der Waals surface area contributed by atoms with Gasteiger partial charge in [-0.25, -0.2) is 0 Å². The molecule has 1 aliphatic carbocycles. The van der Waals surface area contributed by atoms with Crippen LogP contribution in [0.2, 0.25) is 5.02 Å². The van der Waals surface area contributed by atoms with E-state index in [0.29, 0.717) is 19.1 Å². The van der Waals surface area contributed by atoms with Crippen molar-refractivity contribution < 1.29 is 9.47 Å². The molecule has 1 heterocycles. The summed E-state index contributed by atoms with van der Waals surface area (Å²) < 4.78 is 12.0. The molecule has 2 atom stereocenters. The Kier molecular flexibility index (Phi) is 2.87. The van der Waals surface area contributed by atoms with Gasteiger partial charge in [-0.3, -0.25) is 0 Å². The van der Waals surface area contributed by atoms with E-state index in [9.17, 15) is 0 Å². The third kappa shape index (κ3) is 1.97. The summed E-state index contributed by atoms with van der Waals surface area (Å²) in [4.78, 5) is 0. The van der Waals surface area contributed by atoms with Gasteiger partial charge in [0.1, 0.15) is 0 Å². The molecule has 17 heavy (non-hydrogen) atoms. The second kappa shape index (κ2) is 4.25. The lowest BCUT2D eigenvalue weighted by atomic mass is 10.0. The van der Waals surface area contributed by atoms with Gasteiger partial charge in [0.05, 0.1) is 12.7 Å². The van der Waals surface area contributed by atoms with Crippen LogP contribution >= 0.6 is 11.6 Å². The van der Waals surface area contributed by atoms with E-state index in [1.807, 2.05) is 24.3 Å². The van der Waals surface area contributed by atoms with Crippen LogP contribution in [0.1, 0.15) is 18.4 Å². The zero-order valence-electron chi connectivity index (χ0n) is 9.56. The van der Waals surface area contributed by atoms with E-state index in [1.165, 1.54) is 0 Å². The summed E-state index contributed by atoms with van der Waals surface area (Å²) in [6.07, 6.45) is 2.31. The molecule has 1 aromatic carbocycles. The highest BCUT2D eigenvalue weighted by atomic mass is 35.5. The quantitative estimate of drug-likeness (QED) is 0.899. The van der Waals surface area contributed by atoms with Gasteiger partial charge in [0, 0.05) is 23.0 Å². The fourth-order valence-corrected chi connectivity index (χ4v) is 2.52. The summed E-state index contributed by atoms with van der Waals surface area (Å²) in [6.45, 7) is 1.08. The summed E-state index contributed by atoms with van der Waals surface area (Å²) >= 11 is 5.91. The maximum absolute atomic E-state index is 6.06. The lowest BCUT2D eigenvalue weighted by Crippen LogP contribution is -2.32. The highest BCUT2D eigenvalue weighted by molar-refractivity contribution is 6.30. The molecule has 3 rings (SSSR count). The van der Waals surface area contributed by atoms with Crippen molar-refractivity contribution >= 4 is 11.6 Å². The monoisotopic (exact) mass is 253 g/mol. The predicted octanol–water partition coefficient (Wildman–Crippen LogP) is 2.28. The van der Waals surface area contributed by atoms with Crippen LogP contribution in [0.5, 0.6) is 0 Å². The standard InChI is InChI=1S/C13H16ClNO2/c14-11-5-3-10(4-6-11)13(9-1-2-9)16-8-12(7-15)17-13/h3-6,9,12H,1-2,7-8,15H2. The number of nitrogens with two attached hydrogens (primary N) is 1. The van der Waals surface area contributed by atoms with E-state index in [0.717, 1.165) is 23.4 Å². The zero-order chi connectivity index (χ0) is 11.9. The second-order valence-electron chi connectivity index (χ2n) is 4.74. The minimum atomic E-state index is -0.575. The van der Waals surface area contributed by atoms with Crippen molar-refractivity contribution in [1.29, 1.82) is 0 Å². The molecule has 1 saturated heterocycles. The van der Waals surface area contributed by atoms with E-state index in [1.54, 1.807) is 0 Å². The molecule has 1 aliphatic heterocycles. The van der Waals surface area contributed by atoms with Crippen molar-refractivity contribution in [3.05, 3.63) is 34.9 Å². The third-order valence-corrected chi connectivity index (χ3v) is 3.70. The van der Waals surface area contributed by atoms with Crippen LogP contribution in [0.3, 0.4) is 0 Å². The molecule has 2 unspecified atom stereocenters. The van der Waals surface area contributed by atoms with Crippen LogP contribution < -0.4 is 5.73 Å². The molecule has 0 amide bonds. The number of halogens is 1. The highest BCUT2D eigenvalue weighted by Gasteiger charge is 2.53. The van der Waals surface area contributed by atoms with E-state index >= 15 is 0 Å². The first-order valence-corrected chi connectivity index (χ1v) is 6.40. The van der Waals surface area contributed by atoms with Crippen LogP contribution in [-0.2, 0) is 15.3 Å². The van der Waals surface area contributed by atoms with E-state index in [2.05, 4.69) is 0 Å². The molecule has 3 nitrogen and oxygen atoms in total. The first-order chi connectivity index (χ1) is 8.24. The molecule has 0 radical (unpaired) electrons. The number of hydrogen-bond acceptors (Lipinski definition) is 3. The van der Waals surface area contributed by atoms with Crippen LogP contribution in [0.15, 0.2) is 24.3 Å². The topological polar surface area (TPSA) is 44.5 Å². The first-order valence-electron chi connectivity index (χ1n) is 6.02. The summed E-state index contributed by atoms with van der Waals surface area (Å²) in [5.74, 6) is -0.116. The predicted molar refractivity (Wildman–Crippen MR) is 65.7 cm³/mol. The molecule has 0 spiro atoms. The average Bonchev–Trinajstić information content (AvgIpc) is 3.11. The Labute approximate surface area is 106 Å². The Morgan fingerprint density at radius 3 is 2.53 bits per heavy atom. The zero-order valence-corrected chi connectivity index (χ0v) is 10.3. The number of ether oxygens (including phenoxy) is 2. The van der Waals surface area contributed by atoms with Gasteiger partial charge in [0.25, 0.3) is 0 Å². The van der Waals surface area contributed by atoms with Gasteiger partial charge in [0.15, 0.2) is 5.79 Å². The molecule has 92 valence electrons. The Bertz CT molecular complexity index is 404. The van der Waals surface area contributed by atoms with E-state index < -0.39 is 5.79 Å². The minimum absolute atomic E-state index is 0.00581. The van der Waals surface area contributed by atoms with Gasteiger partial charge in [-0.2, -0.15) is 0 Å². The van der Waals surface area contributed by atoms with E-state index in [4.69, 9.17) is 26.8 Å². The van der Waals surface area contributed by atoms with Crippen molar-refractivity contribution in [2.45, 2.75) is 24.7 Å². The van der Waals surface area contributed by atoms with Gasteiger partial charge in [-0.1, -0.05) is 23.7 Å². The summed E-state index contributed by atoms with van der Waals surface area (Å²) in [5.41, 5.74) is 6.71. The average molecular weight is 254 g/mol. The van der Waals surface area contributed by atoms with Gasteiger partial charge >= 0.3 is 0 Å². The molecule has 1 saturated carbocycles. The lowest BCUT2D eigenvalue weighted by molar-refractivity contribution is -0.192. The minimum Gasteiger partial charge on any atom is -0.343 e. The van der Waals surface area contributed by atoms with Gasteiger partial charge in [-0.05, 0) is 25.0 Å². The van der Waals surface area contributed by atoms with Crippen LogP contribution in [0.25, 0.3) is 0 Å². The SMILES string of the molecule is NCC1COC(c2ccc(Cl)cc2)(C2CC2)O1. The molecule has 1 aromatic rings. The lowest BCUT2D eigenvalue weighted by Gasteiger charge is -2.28. The summed E-state index contributed by atoms with van der Waals surface area (Å²) in [7, 11) is 0. The summed E-state index contributed by atoms with van der Waals surface area (Å²) in [6, 6.07) is 7.73. The largest absolute Gasteiger partial charge is 0.343 e. The normalized spacial score (nSPS) is 32.9. The fraction of sp³-hybridized carbons (Fsp3) is 0.538. The number of benzene rings is 1. The highest BCUT2D eigenvalue weighted by Crippen LogP contribution is 2.52. The smallest absolute Gasteiger partial charge is 0.198 e. The third-order valence-electron chi connectivity index (χ3n) is 3.45. The van der Waals surface area contributed by atoms with Crippen molar-refractivity contribution in [2.75, 3.05) is 13.2 Å². The Balaban J connectivity index is 1.92. The molecule has 0 aromatic heterocycles. The Hall–Kier alpha value is -0.610. The van der Waals surface area contributed by atoms with Crippen molar-refractivity contribution in [3.8, 4) is 0 Å². The second-order valence-corrected chi connectivity index (χ2v) is 5.17. The molecular formula is C13H16ClNO2. The van der Waals surface area contributed by atoms with Crippen LogP contribution in [0, 0.1) is 5.92 Å². The molecular weight excluding hydrogens is 238 g/mol. The Morgan fingerprint density at radius 1 is 1.29 bits per heavy atom. The fourth-order valence-electron chi connectivity index (χ4n) is 2.40. The number of hydrogen-bond donors (Lipinski definition) is 1. The molecule has 2 fully saturated rings. The Morgan fingerprint density at radius 2 is 2.00 bits per heavy atom. The van der Waals surface area contributed by atoms with Crippen LogP contribution in [0.4, 0.5) is 0 Å². The first kappa shape index (κ1) is 11.5. The maximum Gasteiger partial charge on any atom is 0.198 e. The van der Waals surface area contributed by atoms with Gasteiger partial charge in [-0.15, -0.1) is 0 Å². The van der Waals surface area contributed by atoms with Crippen molar-refractivity contribution in [2.24, 2.45) is 11.7 Å².